The van der Waals surface area contributed by atoms with Gasteiger partial charge in [-0.25, -0.2) is 18.1 Å². The smallest absolute Gasteiger partial charge is 0.235 e. The molecule has 7 heteroatoms. The molecule has 0 saturated carbocycles. The molecule has 0 saturated heterocycles. The lowest BCUT2D eigenvalue weighted by molar-refractivity contribution is 0.593. The fourth-order valence-corrected chi connectivity index (χ4v) is 2.21. The van der Waals surface area contributed by atoms with E-state index in [1.807, 2.05) is 12.1 Å². The summed E-state index contributed by atoms with van der Waals surface area (Å²) >= 11 is 0. The Kier molecular flexibility index (Phi) is 3.84. The minimum Gasteiger partial charge on any atom is -0.283 e. The van der Waals surface area contributed by atoms with E-state index in [2.05, 4.69) is 14.8 Å². The summed E-state index contributed by atoms with van der Waals surface area (Å²) in [5.41, 5.74) is 1.51. The van der Waals surface area contributed by atoms with Crippen molar-refractivity contribution >= 4 is 15.7 Å². The van der Waals surface area contributed by atoms with Crippen LogP contribution in [0.3, 0.4) is 0 Å². The van der Waals surface area contributed by atoms with E-state index in [4.69, 9.17) is 0 Å². The van der Waals surface area contributed by atoms with Gasteiger partial charge in [0.15, 0.2) is 0 Å². The van der Waals surface area contributed by atoms with Gasteiger partial charge < -0.3 is 0 Å². The van der Waals surface area contributed by atoms with Gasteiger partial charge in [0, 0.05) is 5.69 Å². The van der Waals surface area contributed by atoms with Crippen LogP contribution in [0.25, 0.3) is 0 Å². The molecule has 0 atom stereocenters. The van der Waals surface area contributed by atoms with Crippen molar-refractivity contribution in [1.82, 2.24) is 14.8 Å². The minimum absolute atomic E-state index is 0.466. The Morgan fingerprint density at radius 2 is 2.16 bits per heavy atom. The molecule has 1 aromatic carbocycles. The van der Waals surface area contributed by atoms with Gasteiger partial charge in [0.2, 0.25) is 10.0 Å². The zero-order chi connectivity index (χ0) is 13.9. The molecular formula is C12H16N4O2S. The van der Waals surface area contributed by atoms with Crippen LogP contribution in [0, 0.1) is 0 Å². The standard InChI is InChI=1S/C12H16N4O2S/c1-10(2)19(17,18)15-12-5-3-4-11(6-12)7-16-9-13-8-14-16/h3-6,8-10,15H,7H2,1-2H3. The number of nitrogens with one attached hydrogen (secondary N) is 1. The van der Waals surface area contributed by atoms with E-state index in [0.717, 1.165) is 5.56 Å². The Bertz CT molecular complexity index is 636. The largest absolute Gasteiger partial charge is 0.283 e. The maximum atomic E-state index is 11.8. The van der Waals surface area contributed by atoms with Crippen LogP contribution in [0.15, 0.2) is 36.9 Å². The first-order valence-corrected chi connectivity index (χ1v) is 7.45. The van der Waals surface area contributed by atoms with E-state index >= 15 is 0 Å². The number of hydrogen-bond acceptors (Lipinski definition) is 4. The molecule has 2 rings (SSSR count). The fourth-order valence-electron chi connectivity index (χ4n) is 1.52. The third kappa shape index (κ3) is 3.54. The van der Waals surface area contributed by atoms with Gasteiger partial charge >= 0.3 is 0 Å². The average Bonchev–Trinajstić information content (AvgIpc) is 2.81. The maximum Gasteiger partial charge on any atom is 0.235 e. The molecule has 0 spiro atoms. The molecule has 1 N–H and O–H groups in total. The van der Waals surface area contributed by atoms with Crippen molar-refractivity contribution in [2.75, 3.05) is 4.72 Å². The second kappa shape index (κ2) is 5.40. The Hall–Kier alpha value is -1.89. The first-order valence-electron chi connectivity index (χ1n) is 5.90. The van der Waals surface area contributed by atoms with Crippen LogP contribution in [-0.2, 0) is 16.6 Å². The summed E-state index contributed by atoms with van der Waals surface area (Å²) in [6, 6.07) is 7.24. The molecule has 0 amide bonds. The predicted molar refractivity (Wildman–Crippen MR) is 73.2 cm³/mol. The molecule has 0 aliphatic heterocycles. The highest BCUT2D eigenvalue weighted by molar-refractivity contribution is 7.93. The van der Waals surface area contributed by atoms with Gasteiger partial charge in [-0.3, -0.25) is 4.72 Å². The number of benzene rings is 1. The first-order chi connectivity index (χ1) is 8.97. The lowest BCUT2D eigenvalue weighted by atomic mass is 10.2. The lowest BCUT2D eigenvalue weighted by Gasteiger charge is -2.11. The molecule has 19 heavy (non-hydrogen) atoms. The van der Waals surface area contributed by atoms with Gasteiger partial charge in [-0.1, -0.05) is 12.1 Å². The quantitative estimate of drug-likeness (QED) is 0.900. The number of anilines is 1. The average molecular weight is 280 g/mol. The third-order valence-electron chi connectivity index (χ3n) is 2.62. The molecule has 0 fully saturated rings. The highest BCUT2D eigenvalue weighted by Crippen LogP contribution is 2.14. The first kappa shape index (κ1) is 13.5. The lowest BCUT2D eigenvalue weighted by Crippen LogP contribution is -2.22. The van der Waals surface area contributed by atoms with Gasteiger partial charge in [0.25, 0.3) is 0 Å². The molecule has 1 aromatic heterocycles. The molecule has 102 valence electrons. The van der Waals surface area contributed by atoms with Gasteiger partial charge in [-0.15, -0.1) is 0 Å². The van der Waals surface area contributed by atoms with Gasteiger partial charge in [0.1, 0.15) is 12.7 Å². The van der Waals surface area contributed by atoms with Crippen molar-refractivity contribution in [2.24, 2.45) is 0 Å². The number of aromatic nitrogens is 3. The summed E-state index contributed by atoms with van der Waals surface area (Å²) < 4.78 is 27.8. The number of rotatable bonds is 5. The summed E-state index contributed by atoms with van der Waals surface area (Å²) in [7, 11) is -3.31. The molecule has 2 aromatic rings. The number of hydrogen-bond donors (Lipinski definition) is 1. The van der Waals surface area contributed by atoms with Gasteiger partial charge in [-0.2, -0.15) is 5.10 Å². The monoisotopic (exact) mass is 280 g/mol. The van der Waals surface area contributed by atoms with Crippen LogP contribution in [0.1, 0.15) is 19.4 Å². The fraction of sp³-hybridized carbons (Fsp3) is 0.333. The van der Waals surface area contributed by atoms with Crippen molar-refractivity contribution in [3.8, 4) is 0 Å². The van der Waals surface area contributed by atoms with Gasteiger partial charge in [-0.05, 0) is 31.5 Å². The van der Waals surface area contributed by atoms with E-state index in [-0.39, 0.29) is 0 Å². The highest BCUT2D eigenvalue weighted by Gasteiger charge is 2.15. The van der Waals surface area contributed by atoms with Crippen molar-refractivity contribution in [1.29, 1.82) is 0 Å². The van der Waals surface area contributed by atoms with Crippen LogP contribution in [0.4, 0.5) is 5.69 Å². The molecule has 0 aliphatic rings. The van der Waals surface area contributed by atoms with Crippen LogP contribution in [-0.4, -0.2) is 28.4 Å². The Labute approximate surface area is 112 Å². The molecule has 0 unspecified atom stereocenters. The Morgan fingerprint density at radius 3 is 2.79 bits per heavy atom. The van der Waals surface area contributed by atoms with E-state index in [1.165, 1.54) is 6.33 Å². The normalized spacial score (nSPS) is 11.7. The molecule has 6 nitrogen and oxygen atoms in total. The van der Waals surface area contributed by atoms with E-state index in [1.54, 1.807) is 37.0 Å². The second-order valence-electron chi connectivity index (χ2n) is 4.49. The topological polar surface area (TPSA) is 76.9 Å². The Morgan fingerprint density at radius 1 is 1.37 bits per heavy atom. The second-order valence-corrected chi connectivity index (χ2v) is 6.73. The highest BCUT2D eigenvalue weighted by atomic mass is 32.2. The Balaban J connectivity index is 2.16. The van der Waals surface area contributed by atoms with Crippen LogP contribution in [0.5, 0.6) is 0 Å². The summed E-state index contributed by atoms with van der Waals surface area (Å²) in [6.45, 7) is 3.83. The van der Waals surface area contributed by atoms with Crippen molar-refractivity contribution in [3.05, 3.63) is 42.5 Å². The molecule has 0 radical (unpaired) electrons. The van der Waals surface area contributed by atoms with E-state index in [0.29, 0.717) is 12.2 Å². The van der Waals surface area contributed by atoms with E-state index in [9.17, 15) is 8.42 Å². The molecule has 0 aliphatic carbocycles. The predicted octanol–water partition coefficient (Wildman–Crippen LogP) is 1.48. The van der Waals surface area contributed by atoms with Crippen molar-refractivity contribution in [2.45, 2.75) is 25.6 Å². The van der Waals surface area contributed by atoms with Crippen molar-refractivity contribution < 1.29 is 8.42 Å². The summed E-state index contributed by atoms with van der Waals surface area (Å²) in [5.74, 6) is 0. The summed E-state index contributed by atoms with van der Waals surface area (Å²) in [5, 5.41) is 3.54. The zero-order valence-corrected chi connectivity index (χ0v) is 11.6. The zero-order valence-electron chi connectivity index (χ0n) is 10.8. The van der Waals surface area contributed by atoms with Crippen LogP contribution < -0.4 is 4.72 Å². The maximum absolute atomic E-state index is 11.8. The van der Waals surface area contributed by atoms with E-state index < -0.39 is 15.3 Å². The number of nitrogens with zero attached hydrogens (tertiary/aromatic N) is 3. The van der Waals surface area contributed by atoms with Crippen LogP contribution in [0.2, 0.25) is 0 Å². The van der Waals surface area contributed by atoms with Crippen LogP contribution >= 0.6 is 0 Å². The molecular weight excluding hydrogens is 264 g/mol. The van der Waals surface area contributed by atoms with Crippen molar-refractivity contribution in [3.63, 3.8) is 0 Å². The molecule has 0 bridgehead atoms. The number of sulfonamides is 1. The summed E-state index contributed by atoms with van der Waals surface area (Å²) in [4.78, 5) is 3.86. The van der Waals surface area contributed by atoms with Gasteiger partial charge in [0.05, 0.1) is 11.8 Å². The minimum atomic E-state index is -3.31. The SMILES string of the molecule is CC(C)S(=O)(=O)Nc1cccc(Cn2cncn2)c1. The molecule has 1 heterocycles. The third-order valence-corrected chi connectivity index (χ3v) is 4.38. The summed E-state index contributed by atoms with van der Waals surface area (Å²) in [6.07, 6.45) is 3.08.